The molecule has 0 aliphatic rings. The number of fused-ring (bicyclic) bond motifs is 2. The third-order valence-electron chi connectivity index (χ3n) is 10.0. The summed E-state index contributed by atoms with van der Waals surface area (Å²) in [4.78, 5) is 0. The molecule has 48 heavy (non-hydrogen) atoms. The van der Waals surface area contributed by atoms with Crippen LogP contribution in [0.3, 0.4) is 0 Å². The van der Waals surface area contributed by atoms with Crippen LogP contribution in [-0.4, -0.2) is 0 Å². The smallest absolute Gasteiger partial charge is 0.00225 e. The molecule has 9 rings (SSSR count). The second kappa shape index (κ2) is 10.9. The van der Waals surface area contributed by atoms with E-state index in [0.29, 0.717) is 0 Å². The summed E-state index contributed by atoms with van der Waals surface area (Å²) in [5, 5.41) is 10.6. The van der Waals surface area contributed by atoms with Gasteiger partial charge in [-0.3, -0.25) is 0 Å². The highest BCUT2D eigenvalue weighted by Gasteiger charge is 2.27. The molecule has 9 aromatic carbocycles. The van der Waals surface area contributed by atoms with Gasteiger partial charge in [0.25, 0.3) is 0 Å². The van der Waals surface area contributed by atoms with E-state index in [1.165, 1.54) is 93.2 Å². The van der Waals surface area contributed by atoms with Crippen LogP contribution in [0.15, 0.2) is 164 Å². The van der Waals surface area contributed by atoms with Gasteiger partial charge in [-0.1, -0.05) is 142 Å². The summed E-state index contributed by atoms with van der Waals surface area (Å²) in [5.74, 6) is 0. The van der Waals surface area contributed by atoms with Gasteiger partial charge in [-0.2, -0.15) is 0 Å². The SMILES string of the molecule is CC(C)(C)c1c(-c2ccccc2)cc2cc(-c3ccccc3)cc3c4cc(-c5ccccc5)cc5cc(-c6ccccc6)cc(c1c23)c54. The van der Waals surface area contributed by atoms with Gasteiger partial charge in [-0.25, -0.2) is 0 Å². The van der Waals surface area contributed by atoms with E-state index in [1.54, 1.807) is 0 Å². The largest absolute Gasteiger partial charge is 0.0622 e. The van der Waals surface area contributed by atoms with Crippen LogP contribution < -0.4 is 0 Å². The summed E-state index contributed by atoms with van der Waals surface area (Å²) >= 11 is 0. The molecule has 0 unspecified atom stereocenters. The standard InChI is InChI=1S/C48H36/c1-48(2,3)47-40(34-22-14-7-15-23-34)30-39-26-36(32-18-10-5-11-19-32)28-42-41-27-35(31-16-8-4-9-17-31)24-38-25-37(33-20-12-6-13-21-33)29-43(44(38)41)46(47)45(39)42/h4-30H,1-3H3. The Morgan fingerprint density at radius 2 is 0.688 bits per heavy atom. The minimum Gasteiger partial charge on any atom is -0.0622 e. The summed E-state index contributed by atoms with van der Waals surface area (Å²) in [6.45, 7) is 7.13. The number of rotatable bonds is 4. The topological polar surface area (TPSA) is 0 Å². The van der Waals surface area contributed by atoms with E-state index in [4.69, 9.17) is 0 Å². The Hall–Kier alpha value is -5.72. The Balaban J connectivity index is 1.56. The summed E-state index contributed by atoms with van der Waals surface area (Å²) in [7, 11) is 0. The van der Waals surface area contributed by atoms with Crippen LogP contribution in [-0.2, 0) is 5.41 Å². The van der Waals surface area contributed by atoms with Crippen molar-refractivity contribution in [2.45, 2.75) is 26.2 Å². The lowest BCUT2D eigenvalue weighted by molar-refractivity contribution is 0.598. The quantitative estimate of drug-likeness (QED) is 0.137. The molecule has 0 fully saturated rings. The highest BCUT2D eigenvalue weighted by atomic mass is 14.3. The van der Waals surface area contributed by atoms with Gasteiger partial charge in [-0.05, 0) is 141 Å². The first kappa shape index (κ1) is 28.5. The zero-order valence-corrected chi connectivity index (χ0v) is 27.6. The molecule has 0 nitrogen and oxygen atoms in total. The molecule has 0 atom stereocenters. The molecule has 0 heteroatoms. The fourth-order valence-corrected chi connectivity index (χ4v) is 7.97. The molecule has 0 bridgehead atoms. The lowest BCUT2D eigenvalue weighted by Gasteiger charge is -2.29. The van der Waals surface area contributed by atoms with Crippen molar-refractivity contribution in [1.82, 2.24) is 0 Å². The van der Waals surface area contributed by atoms with Crippen molar-refractivity contribution < 1.29 is 0 Å². The van der Waals surface area contributed by atoms with Crippen molar-refractivity contribution in [3.05, 3.63) is 169 Å². The highest BCUT2D eigenvalue weighted by Crippen LogP contribution is 2.50. The molecule has 0 aromatic heterocycles. The van der Waals surface area contributed by atoms with Crippen molar-refractivity contribution in [3.8, 4) is 44.5 Å². The summed E-state index contributed by atoms with van der Waals surface area (Å²) in [6.07, 6.45) is 0. The lowest BCUT2D eigenvalue weighted by Crippen LogP contribution is -2.14. The minimum absolute atomic E-state index is 0.110. The molecule has 0 amide bonds. The van der Waals surface area contributed by atoms with Gasteiger partial charge in [0.05, 0.1) is 0 Å². The van der Waals surface area contributed by atoms with Crippen LogP contribution in [0.4, 0.5) is 0 Å². The zero-order chi connectivity index (χ0) is 32.4. The van der Waals surface area contributed by atoms with Gasteiger partial charge >= 0.3 is 0 Å². The molecule has 0 saturated heterocycles. The van der Waals surface area contributed by atoms with Crippen molar-refractivity contribution in [3.63, 3.8) is 0 Å². The predicted molar refractivity (Wildman–Crippen MR) is 208 cm³/mol. The number of hydrogen-bond acceptors (Lipinski definition) is 0. The van der Waals surface area contributed by atoms with E-state index >= 15 is 0 Å². The van der Waals surface area contributed by atoms with E-state index < -0.39 is 0 Å². The third-order valence-corrected chi connectivity index (χ3v) is 10.0. The van der Waals surface area contributed by atoms with Crippen LogP contribution in [0.1, 0.15) is 26.3 Å². The van der Waals surface area contributed by atoms with Crippen molar-refractivity contribution in [2.75, 3.05) is 0 Å². The molecule has 0 heterocycles. The molecule has 228 valence electrons. The van der Waals surface area contributed by atoms with Crippen LogP contribution >= 0.6 is 0 Å². The van der Waals surface area contributed by atoms with Gasteiger partial charge in [0.15, 0.2) is 0 Å². The number of benzene rings is 9. The Morgan fingerprint density at radius 3 is 1.12 bits per heavy atom. The maximum Gasteiger partial charge on any atom is -0.00225 e. The summed E-state index contributed by atoms with van der Waals surface area (Å²) in [5.41, 5.74) is 11.3. The van der Waals surface area contributed by atoms with Crippen molar-refractivity contribution in [1.29, 1.82) is 0 Å². The summed E-state index contributed by atoms with van der Waals surface area (Å²) < 4.78 is 0. The van der Waals surface area contributed by atoms with Crippen LogP contribution in [0.25, 0.3) is 87.6 Å². The molecule has 0 spiro atoms. The average Bonchev–Trinajstić information content (AvgIpc) is 3.13. The Kier molecular flexibility index (Phi) is 6.49. The molecule has 0 saturated carbocycles. The Bertz CT molecular complexity index is 2580. The third kappa shape index (κ3) is 4.60. The monoisotopic (exact) mass is 612 g/mol. The second-order valence-electron chi connectivity index (χ2n) is 14.2. The van der Waals surface area contributed by atoms with Crippen LogP contribution in [0.2, 0.25) is 0 Å². The normalized spacial score (nSPS) is 12.1. The van der Waals surface area contributed by atoms with Gasteiger partial charge in [0.2, 0.25) is 0 Å². The first-order valence-electron chi connectivity index (χ1n) is 16.9. The van der Waals surface area contributed by atoms with E-state index in [9.17, 15) is 0 Å². The Morgan fingerprint density at radius 1 is 0.312 bits per heavy atom. The molecule has 0 radical (unpaired) electrons. The summed E-state index contributed by atoms with van der Waals surface area (Å²) in [6, 6.07) is 60.6. The minimum atomic E-state index is -0.110. The van der Waals surface area contributed by atoms with Crippen molar-refractivity contribution in [2.24, 2.45) is 0 Å². The first-order valence-corrected chi connectivity index (χ1v) is 16.9. The molecule has 0 aliphatic carbocycles. The van der Waals surface area contributed by atoms with Gasteiger partial charge in [0, 0.05) is 0 Å². The fourth-order valence-electron chi connectivity index (χ4n) is 7.97. The van der Waals surface area contributed by atoms with Gasteiger partial charge in [-0.15, -0.1) is 0 Å². The van der Waals surface area contributed by atoms with Gasteiger partial charge in [0.1, 0.15) is 0 Å². The number of hydrogen-bond donors (Lipinski definition) is 0. The van der Waals surface area contributed by atoms with Crippen molar-refractivity contribution >= 4 is 43.1 Å². The Labute approximate surface area is 282 Å². The lowest BCUT2D eigenvalue weighted by atomic mass is 9.74. The fraction of sp³-hybridized carbons (Fsp3) is 0.0833. The van der Waals surface area contributed by atoms with Crippen LogP contribution in [0.5, 0.6) is 0 Å². The predicted octanol–water partition coefficient (Wildman–Crippen LogP) is 13.7. The molecule has 0 aliphatic heterocycles. The second-order valence-corrected chi connectivity index (χ2v) is 14.2. The molecule has 0 N–H and O–H groups in total. The molecular formula is C48H36. The zero-order valence-electron chi connectivity index (χ0n) is 27.6. The maximum atomic E-state index is 2.47. The first-order chi connectivity index (χ1) is 23.4. The molecular weight excluding hydrogens is 577 g/mol. The molecule has 9 aromatic rings. The highest BCUT2D eigenvalue weighted by molar-refractivity contribution is 6.36. The van der Waals surface area contributed by atoms with E-state index in [0.717, 1.165) is 0 Å². The van der Waals surface area contributed by atoms with Gasteiger partial charge < -0.3 is 0 Å². The average molecular weight is 613 g/mol. The maximum absolute atomic E-state index is 2.47. The van der Waals surface area contributed by atoms with E-state index in [1.807, 2.05) is 0 Å². The van der Waals surface area contributed by atoms with E-state index in [-0.39, 0.29) is 5.41 Å². The van der Waals surface area contributed by atoms with Crippen LogP contribution in [0, 0.1) is 0 Å². The van der Waals surface area contributed by atoms with E-state index in [2.05, 4.69) is 185 Å².